The third kappa shape index (κ3) is 1.43. The summed E-state index contributed by atoms with van der Waals surface area (Å²) in [5.74, 6) is 0. The van der Waals surface area contributed by atoms with Crippen molar-refractivity contribution in [1.82, 2.24) is 0 Å². The lowest BCUT2D eigenvalue weighted by molar-refractivity contribution is 1.73. The zero-order chi connectivity index (χ0) is 11.1. The average Bonchev–Trinajstić information content (AvgIpc) is 2.30. The van der Waals surface area contributed by atoms with Crippen molar-refractivity contribution in [1.29, 1.82) is 0 Å². The monoisotopic (exact) mass is 290 g/mol. The molecule has 0 atom stereocenters. The zero-order valence-electron chi connectivity index (χ0n) is 8.37. The van der Waals surface area contributed by atoms with Gasteiger partial charge in [0.2, 0.25) is 0 Å². The summed E-state index contributed by atoms with van der Waals surface area (Å²) in [6, 6.07) is 16.4. The SMILES string of the molecule is Clc1cccc2c1ccc1c(Br)cccc12. The van der Waals surface area contributed by atoms with E-state index < -0.39 is 0 Å². The van der Waals surface area contributed by atoms with Crippen molar-refractivity contribution < 1.29 is 0 Å². The Morgan fingerprint density at radius 2 is 1.31 bits per heavy atom. The van der Waals surface area contributed by atoms with Crippen LogP contribution in [0.2, 0.25) is 5.02 Å². The summed E-state index contributed by atoms with van der Waals surface area (Å²) >= 11 is 9.75. The van der Waals surface area contributed by atoms with Gasteiger partial charge in [0.1, 0.15) is 0 Å². The zero-order valence-corrected chi connectivity index (χ0v) is 10.7. The quantitative estimate of drug-likeness (QED) is 0.486. The Morgan fingerprint density at radius 3 is 2.12 bits per heavy atom. The van der Waals surface area contributed by atoms with Crippen LogP contribution in [0.5, 0.6) is 0 Å². The second-order valence-electron chi connectivity index (χ2n) is 3.74. The van der Waals surface area contributed by atoms with Gasteiger partial charge in [-0.3, -0.25) is 0 Å². The molecule has 0 fully saturated rings. The summed E-state index contributed by atoms with van der Waals surface area (Å²) in [7, 11) is 0. The van der Waals surface area contributed by atoms with Crippen LogP contribution in [0, 0.1) is 0 Å². The van der Waals surface area contributed by atoms with Crippen molar-refractivity contribution in [3.8, 4) is 0 Å². The van der Waals surface area contributed by atoms with Gasteiger partial charge in [0.05, 0.1) is 0 Å². The fraction of sp³-hybridized carbons (Fsp3) is 0. The van der Waals surface area contributed by atoms with E-state index in [0.717, 1.165) is 14.9 Å². The van der Waals surface area contributed by atoms with Gasteiger partial charge in [-0.05, 0) is 28.3 Å². The van der Waals surface area contributed by atoms with Crippen LogP contribution in [0.3, 0.4) is 0 Å². The Labute approximate surface area is 107 Å². The predicted molar refractivity (Wildman–Crippen MR) is 74.2 cm³/mol. The minimum Gasteiger partial charge on any atom is -0.0837 e. The smallest absolute Gasteiger partial charge is 0.0484 e. The summed E-state index contributed by atoms with van der Waals surface area (Å²) < 4.78 is 1.12. The Balaban J connectivity index is 2.60. The average molecular weight is 292 g/mol. The van der Waals surface area contributed by atoms with Gasteiger partial charge in [-0.1, -0.05) is 63.9 Å². The molecule has 0 spiro atoms. The van der Waals surface area contributed by atoms with E-state index in [1.165, 1.54) is 16.2 Å². The normalized spacial score (nSPS) is 11.1. The number of rotatable bonds is 0. The van der Waals surface area contributed by atoms with E-state index in [1.54, 1.807) is 0 Å². The summed E-state index contributed by atoms with van der Waals surface area (Å²) in [5, 5.41) is 5.56. The Bertz CT molecular complexity index is 628. The van der Waals surface area contributed by atoms with Crippen LogP contribution in [0.4, 0.5) is 0 Å². The summed E-state index contributed by atoms with van der Waals surface area (Å²) in [6.07, 6.45) is 0. The molecular formula is C14H8BrCl. The highest BCUT2D eigenvalue weighted by Crippen LogP contribution is 2.33. The topological polar surface area (TPSA) is 0 Å². The first-order valence-corrected chi connectivity index (χ1v) is 6.20. The van der Waals surface area contributed by atoms with Crippen molar-refractivity contribution in [2.75, 3.05) is 0 Å². The van der Waals surface area contributed by atoms with E-state index in [0.29, 0.717) is 0 Å². The number of hydrogen-bond acceptors (Lipinski definition) is 0. The molecule has 0 aliphatic heterocycles. The molecule has 0 aliphatic rings. The molecule has 0 aromatic heterocycles. The molecule has 0 nitrogen and oxygen atoms in total. The molecule has 3 aromatic rings. The van der Waals surface area contributed by atoms with Gasteiger partial charge >= 0.3 is 0 Å². The molecule has 3 rings (SSSR count). The highest BCUT2D eigenvalue weighted by atomic mass is 79.9. The van der Waals surface area contributed by atoms with Crippen molar-refractivity contribution in [2.24, 2.45) is 0 Å². The van der Waals surface area contributed by atoms with Crippen LogP contribution in [-0.2, 0) is 0 Å². The van der Waals surface area contributed by atoms with E-state index >= 15 is 0 Å². The van der Waals surface area contributed by atoms with Crippen LogP contribution in [-0.4, -0.2) is 0 Å². The molecule has 0 heterocycles. The summed E-state index contributed by atoms with van der Waals surface area (Å²) in [6.45, 7) is 0. The Hall–Kier alpha value is -1.05. The molecule has 0 N–H and O–H groups in total. The van der Waals surface area contributed by atoms with Crippen molar-refractivity contribution in [3.63, 3.8) is 0 Å². The molecule has 0 aliphatic carbocycles. The van der Waals surface area contributed by atoms with Crippen molar-refractivity contribution in [3.05, 3.63) is 58.0 Å². The molecule has 16 heavy (non-hydrogen) atoms. The first-order valence-electron chi connectivity index (χ1n) is 5.03. The summed E-state index contributed by atoms with van der Waals surface area (Å²) in [4.78, 5) is 0. The van der Waals surface area contributed by atoms with Gasteiger partial charge < -0.3 is 0 Å². The van der Waals surface area contributed by atoms with E-state index in [4.69, 9.17) is 11.6 Å². The number of fused-ring (bicyclic) bond motifs is 3. The largest absolute Gasteiger partial charge is 0.0837 e. The third-order valence-corrected chi connectivity index (χ3v) is 3.83. The maximum absolute atomic E-state index is 6.19. The van der Waals surface area contributed by atoms with Gasteiger partial charge in [0.15, 0.2) is 0 Å². The van der Waals surface area contributed by atoms with Crippen molar-refractivity contribution >= 4 is 49.1 Å². The summed E-state index contributed by atoms with van der Waals surface area (Å²) in [5.41, 5.74) is 0. The number of halogens is 2. The van der Waals surface area contributed by atoms with Crippen LogP contribution < -0.4 is 0 Å². The lowest BCUT2D eigenvalue weighted by atomic mass is 10.0. The minimum absolute atomic E-state index is 0.805. The predicted octanol–water partition coefficient (Wildman–Crippen LogP) is 5.41. The fourth-order valence-corrected chi connectivity index (χ4v) is 2.79. The number of hydrogen-bond donors (Lipinski definition) is 0. The second-order valence-corrected chi connectivity index (χ2v) is 5.00. The van der Waals surface area contributed by atoms with Gasteiger partial charge in [-0.2, -0.15) is 0 Å². The lowest BCUT2D eigenvalue weighted by Crippen LogP contribution is -1.79. The van der Waals surface area contributed by atoms with Gasteiger partial charge in [0.25, 0.3) is 0 Å². The molecule has 0 saturated carbocycles. The Kier molecular flexibility index (Phi) is 2.38. The Morgan fingerprint density at radius 1 is 0.688 bits per heavy atom. The van der Waals surface area contributed by atoms with Crippen LogP contribution in [0.15, 0.2) is 53.0 Å². The minimum atomic E-state index is 0.805. The van der Waals surface area contributed by atoms with Gasteiger partial charge in [-0.25, -0.2) is 0 Å². The molecule has 0 unspecified atom stereocenters. The maximum atomic E-state index is 6.19. The highest BCUT2D eigenvalue weighted by molar-refractivity contribution is 9.10. The molecule has 0 saturated heterocycles. The standard InChI is InChI=1S/C14H8BrCl/c15-13-5-1-3-9-10-4-2-6-14(16)12(10)8-7-11(9)13/h1-8H. The lowest BCUT2D eigenvalue weighted by Gasteiger charge is -2.06. The highest BCUT2D eigenvalue weighted by Gasteiger charge is 2.04. The van der Waals surface area contributed by atoms with E-state index in [2.05, 4.69) is 46.3 Å². The van der Waals surface area contributed by atoms with E-state index in [-0.39, 0.29) is 0 Å². The first-order chi connectivity index (χ1) is 7.77. The molecule has 0 radical (unpaired) electrons. The van der Waals surface area contributed by atoms with Gasteiger partial charge in [0, 0.05) is 14.9 Å². The van der Waals surface area contributed by atoms with E-state index in [1.807, 2.05) is 18.2 Å². The van der Waals surface area contributed by atoms with Crippen molar-refractivity contribution in [2.45, 2.75) is 0 Å². The molecule has 2 heteroatoms. The van der Waals surface area contributed by atoms with E-state index in [9.17, 15) is 0 Å². The molecule has 3 aromatic carbocycles. The third-order valence-electron chi connectivity index (χ3n) is 2.81. The van der Waals surface area contributed by atoms with Crippen LogP contribution in [0.1, 0.15) is 0 Å². The fourth-order valence-electron chi connectivity index (χ4n) is 2.05. The van der Waals surface area contributed by atoms with Gasteiger partial charge in [-0.15, -0.1) is 0 Å². The first kappa shape index (κ1) is 10.1. The number of benzene rings is 3. The second kappa shape index (κ2) is 3.76. The maximum Gasteiger partial charge on any atom is 0.0484 e. The molecule has 0 bridgehead atoms. The molecular weight excluding hydrogens is 284 g/mol. The van der Waals surface area contributed by atoms with Crippen LogP contribution in [0.25, 0.3) is 21.5 Å². The molecule has 78 valence electrons. The van der Waals surface area contributed by atoms with Crippen LogP contribution >= 0.6 is 27.5 Å². The molecule has 0 amide bonds.